The standard InChI is InChI=1S/C15H21ClN2O2/c1-9-6-7-15(5,16)10(8-9)18-13(20)11(17)12(19)14(2,3)4/h6,8,17H,7H2,1-5H3,(H,18,20). The predicted molar refractivity (Wildman–Crippen MR) is 81.0 cm³/mol. The number of amides is 1. The molecule has 0 heterocycles. The van der Waals surface area contributed by atoms with Crippen LogP contribution in [0.2, 0.25) is 0 Å². The van der Waals surface area contributed by atoms with E-state index >= 15 is 0 Å². The number of hydrogen-bond acceptors (Lipinski definition) is 3. The molecule has 1 rings (SSSR count). The molecule has 5 heteroatoms. The van der Waals surface area contributed by atoms with Crippen LogP contribution >= 0.6 is 11.6 Å². The van der Waals surface area contributed by atoms with Crippen molar-refractivity contribution in [2.45, 2.75) is 45.9 Å². The van der Waals surface area contributed by atoms with Crippen molar-refractivity contribution in [2.75, 3.05) is 0 Å². The quantitative estimate of drug-likeness (QED) is 0.477. The second-order valence-corrected chi connectivity index (χ2v) is 7.15. The Labute approximate surface area is 124 Å². The topological polar surface area (TPSA) is 70.0 Å². The predicted octanol–water partition coefficient (Wildman–Crippen LogP) is 2.97. The molecule has 0 radical (unpaired) electrons. The van der Waals surface area contributed by atoms with Crippen molar-refractivity contribution in [1.29, 1.82) is 5.41 Å². The monoisotopic (exact) mass is 296 g/mol. The van der Waals surface area contributed by atoms with E-state index in [9.17, 15) is 9.59 Å². The minimum absolute atomic E-state index is 0.491. The molecule has 1 amide bonds. The Bertz CT molecular complexity index is 522. The van der Waals surface area contributed by atoms with Crippen LogP contribution in [0.4, 0.5) is 0 Å². The van der Waals surface area contributed by atoms with Crippen molar-refractivity contribution in [1.82, 2.24) is 5.32 Å². The maximum atomic E-state index is 12.0. The summed E-state index contributed by atoms with van der Waals surface area (Å²) in [4.78, 5) is 23.2. The van der Waals surface area contributed by atoms with Crippen LogP contribution in [0.15, 0.2) is 23.4 Å². The lowest BCUT2D eigenvalue weighted by molar-refractivity contribution is -0.122. The average molecular weight is 297 g/mol. The van der Waals surface area contributed by atoms with E-state index in [1.54, 1.807) is 33.8 Å². The molecule has 0 saturated heterocycles. The van der Waals surface area contributed by atoms with E-state index < -0.39 is 27.7 Å². The molecular formula is C15H21ClN2O2. The number of carbonyl (C=O) groups is 2. The lowest BCUT2D eigenvalue weighted by Gasteiger charge is -2.28. The van der Waals surface area contributed by atoms with Crippen LogP contribution in [0.25, 0.3) is 0 Å². The SMILES string of the molecule is CC1=CCC(C)(Cl)C(NC(=O)C(=N)C(=O)C(C)(C)C)=C1. The van der Waals surface area contributed by atoms with Gasteiger partial charge in [-0.05, 0) is 26.3 Å². The number of rotatable bonds is 3. The van der Waals surface area contributed by atoms with E-state index in [-0.39, 0.29) is 0 Å². The molecule has 1 aliphatic carbocycles. The van der Waals surface area contributed by atoms with Crippen molar-refractivity contribution in [3.8, 4) is 0 Å². The molecule has 0 fully saturated rings. The lowest BCUT2D eigenvalue weighted by atomic mass is 9.87. The van der Waals surface area contributed by atoms with Gasteiger partial charge in [0.1, 0.15) is 0 Å². The smallest absolute Gasteiger partial charge is 0.277 e. The summed E-state index contributed by atoms with van der Waals surface area (Å²) in [6, 6.07) is 0. The van der Waals surface area contributed by atoms with Gasteiger partial charge in [0, 0.05) is 11.1 Å². The summed E-state index contributed by atoms with van der Waals surface area (Å²) in [6.07, 6.45) is 4.34. The van der Waals surface area contributed by atoms with Crippen molar-refractivity contribution in [3.05, 3.63) is 23.4 Å². The van der Waals surface area contributed by atoms with E-state index in [4.69, 9.17) is 17.0 Å². The maximum absolute atomic E-state index is 12.0. The number of alkyl halides is 1. The minimum Gasteiger partial charge on any atom is -0.322 e. The van der Waals surface area contributed by atoms with E-state index in [2.05, 4.69) is 5.32 Å². The summed E-state index contributed by atoms with van der Waals surface area (Å²) in [6.45, 7) is 8.73. The van der Waals surface area contributed by atoms with Gasteiger partial charge in [0.05, 0.1) is 4.87 Å². The number of carbonyl (C=O) groups excluding carboxylic acids is 2. The zero-order valence-corrected chi connectivity index (χ0v) is 13.3. The van der Waals surface area contributed by atoms with Crippen molar-refractivity contribution < 1.29 is 9.59 Å². The first-order chi connectivity index (χ1) is 8.95. The Morgan fingerprint density at radius 1 is 1.40 bits per heavy atom. The van der Waals surface area contributed by atoms with Gasteiger partial charge in [-0.2, -0.15) is 0 Å². The van der Waals surface area contributed by atoms with E-state index in [0.717, 1.165) is 5.57 Å². The third-order valence-electron chi connectivity index (χ3n) is 3.12. The number of allylic oxidation sites excluding steroid dienone is 4. The molecule has 0 aromatic rings. The van der Waals surface area contributed by atoms with Crippen molar-refractivity contribution >= 4 is 29.0 Å². The second kappa shape index (κ2) is 5.52. The molecule has 1 atom stereocenters. The Balaban J connectivity index is 2.89. The Morgan fingerprint density at radius 2 is 1.95 bits per heavy atom. The Kier molecular flexibility index (Phi) is 4.59. The van der Waals surface area contributed by atoms with Crippen molar-refractivity contribution in [2.24, 2.45) is 5.41 Å². The molecule has 4 nitrogen and oxygen atoms in total. The van der Waals surface area contributed by atoms with Crippen LogP contribution in [0, 0.1) is 10.8 Å². The Morgan fingerprint density at radius 3 is 2.45 bits per heavy atom. The molecule has 0 bridgehead atoms. The second-order valence-electron chi connectivity index (χ2n) is 6.32. The minimum atomic E-state index is -0.755. The Hall–Kier alpha value is -1.42. The molecule has 0 aromatic carbocycles. The molecule has 2 N–H and O–H groups in total. The third-order valence-corrected chi connectivity index (χ3v) is 3.48. The molecule has 0 aromatic heterocycles. The van der Waals surface area contributed by atoms with Gasteiger partial charge in [0.2, 0.25) is 0 Å². The number of halogens is 1. The van der Waals surface area contributed by atoms with Crippen LogP contribution in [0.5, 0.6) is 0 Å². The number of nitrogens with one attached hydrogen (secondary N) is 2. The molecule has 1 aliphatic rings. The first-order valence-electron chi connectivity index (χ1n) is 6.48. The number of ketones is 1. The first-order valence-corrected chi connectivity index (χ1v) is 6.85. The fourth-order valence-corrected chi connectivity index (χ4v) is 1.91. The molecule has 0 saturated carbocycles. The average Bonchev–Trinajstić information content (AvgIpc) is 2.31. The summed E-state index contributed by atoms with van der Waals surface area (Å²) < 4.78 is 0. The maximum Gasteiger partial charge on any atom is 0.277 e. The lowest BCUT2D eigenvalue weighted by Crippen LogP contribution is -2.43. The fourth-order valence-electron chi connectivity index (χ4n) is 1.73. The summed E-state index contributed by atoms with van der Waals surface area (Å²) in [5.74, 6) is -1.20. The van der Waals surface area contributed by atoms with E-state index in [1.807, 2.05) is 13.0 Å². The van der Waals surface area contributed by atoms with Crippen LogP contribution < -0.4 is 5.32 Å². The van der Waals surface area contributed by atoms with Crippen LogP contribution in [-0.2, 0) is 9.59 Å². The van der Waals surface area contributed by atoms with Gasteiger partial charge in [-0.1, -0.05) is 32.4 Å². The molecule has 110 valence electrons. The van der Waals surface area contributed by atoms with Crippen molar-refractivity contribution in [3.63, 3.8) is 0 Å². The van der Waals surface area contributed by atoms with E-state index in [0.29, 0.717) is 12.1 Å². The van der Waals surface area contributed by atoms with Gasteiger partial charge in [-0.25, -0.2) is 0 Å². The fraction of sp³-hybridized carbons (Fsp3) is 0.533. The summed E-state index contributed by atoms with van der Waals surface area (Å²) >= 11 is 6.34. The first kappa shape index (κ1) is 16.6. The largest absolute Gasteiger partial charge is 0.322 e. The van der Waals surface area contributed by atoms with Crippen LogP contribution in [0.3, 0.4) is 0 Å². The highest BCUT2D eigenvalue weighted by atomic mass is 35.5. The van der Waals surface area contributed by atoms with Gasteiger partial charge in [-0.3, -0.25) is 15.0 Å². The summed E-state index contributed by atoms with van der Waals surface area (Å²) in [5.41, 5.74) is 0.218. The molecule has 20 heavy (non-hydrogen) atoms. The normalized spacial score (nSPS) is 22.7. The van der Waals surface area contributed by atoms with Gasteiger partial charge in [0.15, 0.2) is 11.5 Å². The third kappa shape index (κ3) is 3.79. The van der Waals surface area contributed by atoms with Gasteiger partial charge < -0.3 is 5.32 Å². The zero-order valence-electron chi connectivity index (χ0n) is 12.6. The summed E-state index contributed by atoms with van der Waals surface area (Å²) in [7, 11) is 0. The number of Topliss-reactive ketones (excluding diaryl/α,β-unsaturated/α-hetero) is 1. The highest BCUT2D eigenvalue weighted by Crippen LogP contribution is 2.32. The zero-order chi connectivity index (χ0) is 15.7. The molecular weight excluding hydrogens is 276 g/mol. The van der Waals surface area contributed by atoms with E-state index in [1.165, 1.54) is 0 Å². The highest BCUT2D eigenvalue weighted by molar-refractivity contribution is 6.65. The summed E-state index contributed by atoms with van der Waals surface area (Å²) in [5, 5.41) is 10.3. The number of hydrogen-bond donors (Lipinski definition) is 2. The van der Waals surface area contributed by atoms with Gasteiger partial charge in [-0.15, -0.1) is 11.6 Å². The van der Waals surface area contributed by atoms with Crippen LogP contribution in [0.1, 0.15) is 41.0 Å². The molecule has 0 aliphatic heterocycles. The van der Waals surface area contributed by atoms with Gasteiger partial charge in [0.25, 0.3) is 5.91 Å². The van der Waals surface area contributed by atoms with Gasteiger partial charge >= 0.3 is 0 Å². The molecule has 1 unspecified atom stereocenters. The van der Waals surface area contributed by atoms with Crippen LogP contribution in [-0.4, -0.2) is 22.3 Å². The highest BCUT2D eigenvalue weighted by Gasteiger charge is 2.33. The molecule has 0 spiro atoms.